The highest BCUT2D eigenvalue weighted by molar-refractivity contribution is 9.10. The molecular weight excluding hydrogens is 418 g/mol. The average Bonchev–Trinajstić information content (AvgIpc) is 2.96. The maximum Gasteiger partial charge on any atom is 0.513 e. The number of benzene rings is 1. The summed E-state index contributed by atoms with van der Waals surface area (Å²) < 4.78 is 10.8. The number of carbonyl (C=O) groups is 2. The van der Waals surface area contributed by atoms with Crippen LogP contribution in [0.4, 0.5) is 15.3 Å². The van der Waals surface area contributed by atoms with Crippen molar-refractivity contribution in [3.05, 3.63) is 22.7 Å². The minimum atomic E-state index is -1.42. The lowest BCUT2D eigenvalue weighted by atomic mass is 10.1. The Morgan fingerprint density at radius 3 is 2.48 bits per heavy atom. The van der Waals surface area contributed by atoms with E-state index in [1.165, 1.54) is 0 Å². The third-order valence-corrected chi connectivity index (χ3v) is 5.00. The molecule has 0 spiro atoms. The Morgan fingerprint density at radius 1 is 1.22 bits per heavy atom. The van der Waals surface area contributed by atoms with Crippen LogP contribution in [0.25, 0.3) is 11.0 Å². The minimum absolute atomic E-state index is 0.0537. The SMILES string of the molecule is CC(C)(C)NC(=O)N1CCN(c2ccc3oc(OC(=O)O)cc3c2Br)CC1. The molecule has 0 unspecified atom stereocenters. The van der Waals surface area contributed by atoms with Crippen LogP contribution in [0.5, 0.6) is 5.95 Å². The highest BCUT2D eigenvalue weighted by Gasteiger charge is 2.25. The molecule has 0 aliphatic carbocycles. The number of hydrogen-bond donors (Lipinski definition) is 2. The number of furan rings is 1. The molecule has 0 radical (unpaired) electrons. The van der Waals surface area contributed by atoms with Crippen molar-refractivity contribution in [3.63, 3.8) is 0 Å². The molecule has 27 heavy (non-hydrogen) atoms. The summed E-state index contributed by atoms with van der Waals surface area (Å²) in [5, 5.41) is 12.4. The number of piperazine rings is 1. The Kier molecular flexibility index (Phi) is 5.23. The number of urea groups is 1. The molecule has 2 amide bonds. The molecule has 2 heterocycles. The normalized spacial score (nSPS) is 15.1. The molecule has 1 saturated heterocycles. The molecule has 1 fully saturated rings. The number of carboxylic acid groups (broad SMARTS) is 1. The fraction of sp³-hybridized carbons (Fsp3) is 0.444. The number of anilines is 1. The van der Waals surface area contributed by atoms with Gasteiger partial charge in [0.15, 0.2) is 0 Å². The van der Waals surface area contributed by atoms with Crippen LogP contribution in [-0.4, -0.2) is 53.9 Å². The monoisotopic (exact) mass is 439 g/mol. The second-order valence-corrected chi connectivity index (χ2v) is 8.19. The van der Waals surface area contributed by atoms with Crippen LogP contribution >= 0.6 is 15.9 Å². The van der Waals surface area contributed by atoms with E-state index in [1.54, 1.807) is 12.1 Å². The predicted octanol–water partition coefficient (Wildman–Crippen LogP) is 3.88. The van der Waals surface area contributed by atoms with Gasteiger partial charge < -0.3 is 29.4 Å². The Balaban J connectivity index is 1.72. The number of amides is 2. The number of ether oxygens (including phenoxy) is 1. The van der Waals surface area contributed by atoms with E-state index in [9.17, 15) is 9.59 Å². The van der Waals surface area contributed by atoms with Crippen LogP contribution in [0.1, 0.15) is 20.8 Å². The van der Waals surface area contributed by atoms with Gasteiger partial charge in [-0.3, -0.25) is 0 Å². The van der Waals surface area contributed by atoms with Gasteiger partial charge in [0.1, 0.15) is 5.58 Å². The van der Waals surface area contributed by atoms with E-state index in [2.05, 4.69) is 30.9 Å². The molecule has 1 aromatic carbocycles. The maximum atomic E-state index is 12.3. The van der Waals surface area contributed by atoms with Crippen molar-refractivity contribution >= 4 is 44.8 Å². The predicted molar refractivity (Wildman–Crippen MR) is 105 cm³/mol. The number of hydrogen-bond acceptors (Lipinski definition) is 5. The van der Waals surface area contributed by atoms with Gasteiger partial charge in [-0.1, -0.05) is 0 Å². The molecule has 9 heteroatoms. The van der Waals surface area contributed by atoms with E-state index >= 15 is 0 Å². The standard InChI is InChI=1S/C18H22BrN3O5/c1-18(2,3)20-16(23)22-8-6-21(7-9-22)12-4-5-13-11(15(12)19)10-14(26-13)27-17(24)25/h4-5,10H,6-9H2,1-3H3,(H,20,23)(H,24,25). The largest absolute Gasteiger partial charge is 0.513 e. The van der Waals surface area contributed by atoms with Gasteiger partial charge in [-0.2, -0.15) is 0 Å². The van der Waals surface area contributed by atoms with Crippen molar-refractivity contribution in [2.75, 3.05) is 31.1 Å². The molecule has 0 atom stereocenters. The van der Waals surface area contributed by atoms with Gasteiger partial charge in [0.25, 0.3) is 5.95 Å². The summed E-state index contributed by atoms with van der Waals surface area (Å²) >= 11 is 3.58. The van der Waals surface area contributed by atoms with Crippen LogP contribution in [0.15, 0.2) is 27.1 Å². The number of rotatable bonds is 2. The van der Waals surface area contributed by atoms with Crippen LogP contribution in [0, 0.1) is 0 Å². The van der Waals surface area contributed by atoms with E-state index in [-0.39, 0.29) is 17.5 Å². The number of carbonyl (C=O) groups excluding carboxylic acids is 1. The molecule has 0 bridgehead atoms. The maximum absolute atomic E-state index is 12.3. The lowest BCUT2D eigenvalue weighted by molar-refractivity contribution is 0.134. The second kappa shape index (κ2) is 7.30. The van der Waals surface area contributed by atoms with Gasteiger partial charge in [-0.15, -0.1) is 0 Å². The van der Waals surface area contributed by atoms with Crippen molar-refractivity contribution in [1.82, 2.24) is 10.2 Å². The number of fused-ring (bicyclic) bond motifs is 1. The Hall–Kier alpha value is -2.42. The molecule has 8 nitrogen and oxygen atoms in total. The van der Waals surface area contributed by atoms with Crippen LogP contribution in [0.2, 0.25) is 0 Å². The summed E-state index contributed by atoms with van der Waals surface area (Å²) in [6, 6.07) is 5.18. The fourth-order valence-corrected chi connectivity index (χ4v) is 3.67. The van der Waals surface area contributed by atoms with Crippen LogP contribution in [0.3, 0.4) is 0 Å². The van der Waals surface area contributed by atoms with Crippen LogP contribution < -0.4 is 15.0 Å². The topological polar surface area (TPSA) is 95.3 Å². The summed E-state index contributed by atoms with van der Waals surface area (Å²) in [6.07, 6.45) is -1.42. The summed E-state index contributed by atoms with van der Waals surface area (Å²) in [6.45, 7) is 8.49. The van der Waals surface area contributed by atoms with Crippen molar-refractivity contribution in [3.8, 4) is 5.95 Å². The van der Waals surface area contributed by atoms with Crippen molar-refractivity contribution in [2.24, 2.45) is 0 Å². The zero-order chi connectivity index (χ0) is 19.8. The smallest absolute Gasteiger partial charge is 0.449 e. The van der Waals surface area contributed by atoms with E-state index in [0.717, 1.165) is 15.5 Å². The molecule has 1 aliphatic rings. The first-order valence-electron chi connectivity index (χ1n) is 8.59. The summed E-state index contributed by atoms with van der Waals surface area (Å²) in [7, 11) is 0. The van der Waals surface area contributed by atoms with Crippen molar-refractivity contribution in [2.45, 2.75) is 26.3 Å². The number of nitrogens with one attached hydrogen (secondary N) is 1. The molecule has 146 valence electrons. The number of halogens is 1. The van der Waals surface area contributed by atoms with Crippen molar-refractivity contribution in [1.29, 1.82) is 0 Å². The second-order valence-electron chi connectivity index (χ2n) is 7.40. The molecule has 2 aromatic rings. The first-order valence-corrected chi connectivity index (χ1v) is 9.38. The Morgan fingerprint density at radius 2 is 1.89 bits per heavy atom. The lowest BCUT2D eigenvalue weighted by Crippen LogP contribution is -2.55. The molecule has 2 N–H and O–H groups in total. The Labute approximate surface area is 165 Å². The van der Waals surface area contributed by atoms with Gasteiger partial charge in [-0.25, -0.2) is 9.59 Å². The first-order chi connectivity index (χ1) is 12.6. The lowest BCUT2D eigenvalue weighted by Gasteiger charge is -2.37. The molecule has 0 saturated carbocycles. The highest BCUT2D eigenvalue weighted by atomic mass is 79.9. The highest BCUT2D eigenvalue weighted by Crippen LogP contribution is 2.38. The summed E-state index contributed by atoms with van der Waals surface area (Å²) in [5.74, 6) is -0.0704. The third-order valence-electron chi connectivity index (χ3n) is 4.17. The molecular formula is C18H22BrN3O5. The molecule has 1 aromatic heterocycles. The minimum Gasteiger partial charge on any atom is -0.449 e. The fourth-order valence-electron chi connectivity index (χ4n) is 2.97. The first kappa shape index (κ1) is 19.3. The quantitative estimate of drug-likeness (QED) is 0.689. The van der Waals surface area contributed by atoms with Gasteiger partial charge in [0, 0.05) is 43.2 Å². The van der Waals surface area contributed by atoms with Gasteiger partial charge in [0.2, 0.25) is 0 Å². The van der Waals surface area contributed by atoms with E-state index < -0.39 is 6.16 Å². The van der Waals surface area contributed by atoms with E-state index in [0.29, 0.717) is 31.8 Å². The van der Waals surface area contributed by atoms with E-state index in [4.69, 9.17) is 9.52 Å². The molecule has 3 rings (SSSR count). The average molecular weight is 440 g/mol. The van der Waals surface area contributed by atoms with Crippen molar-refractivity contribution < 1.29 is 23.8 Å². The molecule has 1 aliphatic heterocycles. The van der Waals surface area contributed by atoms with E-state index in [1.807, 2.05) is 31.7 Å². The summed E-state index contributed by atoms with van der Waals surface area (Å²) in [4.78, 5) is 27.0. The van der Waals surface area contributed by atoms with Gasteiger partial charge in [-0.05, 0) is 48.8 Å². The zero-order valence-corrected chi connectivity index (χ0v) is 17.0. The zero-order valence-electron chi connectivity index (χ0n) is 15.4. The summed E-state index contributed by atoms with van der Waals surface area (Å²) in [5.41, 5.74) is 1.23. The van der Waals surface area contributed by atoms with Gasteiger partial charge >= 0.3 is 12.2 Å². The number of nitrogens with zero attached hydrogens (tertiary/aromatic N) is 2. The Bertz CT molecular complexity index is 866. The third kappa shape index (κ3) is 4.47. The van der Waals surface area contributed by atoms with Gasteiger partial charge in [0.05, 0.1) is 10.2 Å². The van der Waals surface area contributed by atoms with Crippen LogP contribution in [-0.2, 0) is 0 Å².